The van der Waals surface area contributed by atoms with Gasteiger partial charge in [0.1, 0.15) is 0 Å². The Bertz CT molecular complexity index is 285. The minimum atomic E-state index is 0.812. The standard InChI is InChI=1S/C17H33N3/c1-14(2)13-20-9-7-19(8-10-20)6-5-15-11-16-3-4-17(12-15)18-16/h14-18H,3-13H2,1-2H3. The van der Waals surface area contributed by atoms with E-state index in [1.54, 1.807) is 0 Å². The van der Waals surface area contributed by atoms with Gasteiger partial charge in [-0.2, -0.15) is 0 Å². The van der Waals surface area contributed by atoms with E-state index >= 15 is 0 Å². The molecule has 3 rings (SSSR count). The van der Waals surface area contributed by atoms with Gasteiger partial charge in [0.15, 0.2) is 0 Å². The Hall–Kier alpha value is -0.120. The van der Waals surface area contributed by atoms with Crippen LogP contribution in [-0.2, 0) is 0 Å². The quantitative estimate of drug-likeness (QED) is 0.832. The lowest BCUT2D eigenvalue weighted by Gasteiger charge is -2.37. The van der Waals surface area contributed by atoms with E-state index in [-0.39, 0.29) is 0 Å². The molecule has 0 amide bonds. The Balaban J connectivity index is 1.34. The second-order valence-electron chi connectivity index (χ2n) is 7.80. The summed E-state index contributed by atoms with van der Waals surface area (Å²) in [6.45, 7) is 12.5. The zero-order valence-electron chi connectivity index (χ0n) is 13.5. The average Bonchev–Trinajstić information content (AvgIpc) is 2.76. The van der Waals surface area contributed by atoms with Crippen LogP contribution in [0.3, 0.4) is 0 Å². The molecule has 0 aromatic carbocycles. The number of nitrogens with zero attached hydrogens (tertiary/aromatic N) is 2. The van der Waals surface area contributed by atoms with Gasteiger partial charge in [0.2, 0.25) is 0 Å². The highest BCUT2D eigenvalue weighted by Gasteiger charge is 2.33. The first kappa shape index (κ1) is 14.8. The van der Waals surface area contributed by atoms with Crippen LogP contribution in [0.25, 0.3) is 0 Å². The van der Waals surface area contributed by atoms with Crippen molar-refractivity contribution in [3.8, 4) is 0 Å². The molecule has 20 heavy (non-hydrogen) atoms. The van der Waals surface area contributed by atoms with Crippen LogP contribution in [0.5, 0.6) is 0 Å². The molecule has 0 aliphatic carbocycles. The van der Waals surface area contributed by atoms with E-state index < -0.39 is 0 Å². The summed E-state index contributed by atoms with van der Waals surface area (Å²) in [6.07, 6.45) is 7.22. The van der Waals surface area contributed by atoms with E-state index in [1.165, 1.54) is 71.4 Å². The van der Waals surface area contributed by atoms with Crippen LogP contribution in [0.15, 0.2) is 0 Å². The van der Waals surface area contributed by atoms with Gasteiger partial charge >= 0.3 is 0 Å². The molecule has 0 radical (unpaired) electrons. The van der Waals surface area contributed by atoms with Gasteiger partial charge in [-0.05, 0) is 50.5 Å². The van der Waals surface area contributed by atoms with Crippen LogP contribution in [0.4, 0.5) is 0 Å². The maximum atomic E-state index is 3.76. The van der Waals surface area contributed by atoms with Crippen molar-refractivity contribution in [3.05, 3.63) is 0 Å². The van der Waals surface area contributed by atoms with E-state index in [0.29, 0.717) is 0 Å². The predicted octanol–water partition coefficient (Wildman–Crippen LogP) is 2.18. The fraction of sp³-hybridized carbons (Fsp3) is 1.00. The number of hydrogen-bond donors (Lipinski definition) is 1. The zero-order chi connectivity index (χ0) is 13.9. The molecule has 3 saturated heterocycles. The van der Waals surface area contributed by atoms with Crippen LogP contribution in [-0.4, -0.2) is 61.2 Å². The molecule has 3 fully saturated rings. The van der Waals surface area contributed by atoms with Gasteiger partial charge in [0.05, 0.1) is 0 Å². The third-order valence-corrected chi connectivity index (χ3v) is 5.51. The SMILES string of the molecule is CC(C)CN1CCN(CCC2CC3CCC(C2)N3)CC1. The normalized spacial score (nSPS) is 35.9. The van der Waals surface area contributed by atoms with Gasteiger partial charge in [-0.25, -0.2) is 0 Å². The molecular weight excluding hydrogens is 246 g/mol. The van der Waals surface area contributed by atoms with E-state index in [4.69, 9.17) is 0 Å². The number of hydrogen-bond acceptors (Lipinski definition) is 3. The lowest BCUT2D eigenvalue weighted by Crippen LogP contribution is -2.48. The van der Waals surface area contributed by atoms with Crippen LogP contribution in [0, 0.1) is 11.8 Å². The highest BCUT2D eigenvalue weighted by molar-refractivity contribution is 4.92. The smallest absolute Gasteiger partial charge is 0.0110 e. The van der Waals surface area contributed by atoms with Gasteiger partial charge < -0.3 is 15.1 Å². The summed E-state index contributed by atoms with van der Waals surface area (Å²) in [7, 11) is 0. The van der Waals surface area contributed by atoms with Gasteiger partial charge in [0.25, 0.3) is 0 Å². The molecule has 3 heterocycles. The Labute approximate surface area is 125 Å². The minimum absolute atomic E-state index is 0.812. The Kier molecular flexibility index (Phi) is 5.00. The molecule has 116 valence electrons. The Morgan fingerprint density at radius 1 is 0.950 bits per heavy atom. The highest BCUT2D eigenvalue weighted by Crippen LogP contribution is 2.32. The van der Waals surface area contributed by atoms with Crippen LogP contribution >= 0.6 is 0 Å². The summed E-state index contributed by atoms with van der Waals surface area (Å²) < 4.78 is 0. The first-order chi connectivity index (χ1) is 9.69. The van der Waals surface area contributed by atoms with Crippen molar-refractivity contribution in [1.29, 1.82) is 0 Å². The maximum Gasteiger partial charge on any atom is 0.0110 e. The van der Waals surface area contributed by atoms with E-state index in [9.17, 15) is 0 Å². The monoisotopic (exact) mass is 279 g/mol. The topological polar surface area (TPSA) is 18.5 Å². The molecule has 2 atom stereocenters. The maximum absolute atomic E-state index is 3.76. The third-order valence-electron chi connectivity index (χ3n) is 5.51. The molecule has 3 aliphatic heterocycles. The molecule has 3 heteroatoms. The van der Waals surface area contributed by atoms with Crippen molar-refractivity contribution in [2.24, 2.45) is 11.8 Å². The lowest BCUT2D eigenvalue weighted by molar-refractivity contribution is 0.113. The van der Waals surface area contributed by atoms with Crippen molar-refractivity contribution in [3.63, 3.8) is 0 Å². The highest BCUT2D eigenvalue weighted by atomic mass is 15.3. The average molecular weight is 279 g/mol. The van der Waals surface area contributed by atoms with Gasteiger partial charge in [-0.1, -0.05) is 13.8 Å². The number of rotatable bonds is 5. The van der Waals surface area contributed by atoms with Crippen molar-refractivity contribution in [2.75, 3.05) is 39.3 Å². The number of fused-ring (bicyclic) bond motifs is 2. The number of piperazine rings is 1. The van der Waals surface area contributed by atoms with Gasteiger partial charge in [-0.15, -0.1) is 0 Å². The Morgan fingerprint density at radius 2 is 1.55 bits per heavy atom. The predicted molar refractivity (Wildman–Crippen MR) is 85.0 cm³/mol. The lowest BCUT2D eigenvalue weighted by atomic mass is 9.89. The molecule has 0 spiro atoms. The summed E-state index contributed by atoms with van der Waals surface area (Å²) >= 11 is 0. The van der Waals surface area contributed by atoms with Crippen molar-refractivity contribution in [1.82, 2.24) is 15.1 Å². The third kappa shape index (κ3) is 3.96. The van der Waals surface area contributed by atoms with Crippen LogP contribution in [0.1, 0.15) is 46.0 Å². The summed E-state index contributed by atoms with van der Waals surface area (Å²) in [5.41, 5.74) is 0. The summed E-state index contributed by atoms with van der Waals surface area (Å²) in [6, 6.07) is 1.73. The molecule has 2 bridgehead atoms. The molecule has 1 N–H and O–H groups in total. The Morgan fingerprint density at radius 3 is 2.15 bits per heavy atom. The van der Waals surface area contributed by atoms with E-state index in [2.05, 4.69) is 29.0 Å². The zero-order valence-corrected chi connectivity index (χ0v) is 13.5. The van der Waals surface area contributed by atoms with Gasteiger partial charge in [0, 0.05) is 44.8 Å². The summed E-state index contributed by atoms with van der Waals surface area (Å²) in [5.74, 6) is 1.81. The molecular formula is C17H33N3. The second-order valence-corrected chi connectivity index (χ2v) is 7.80. The summed E-state index contributed by atoms with van der Waals surface area (Å²) in [5, 5.41) is 3.76. The van der Waals surface area contributed by atoms with Crippen molar-refractivity contribution < 1.29 is 0 Å². The molecule has 2 unspecified atom stereocenters. The molecule has 0 saturated carbocycles. The first-order valence-corrected chi connectivity index (χ1v) is 8.90. The van der Waals surface area contributed by atoms with Crippen molar-refractivity contribution >= 4 is 0 Å². The van der Waals surface area contributed by atoms with Crippen LogP contribution < -0.4 is 5.32 Å². The van der Waals surface area contributed by atoms with Crippen LogP contribution in [0.2, 0.25) is 0 Å². The fourth-order valence-corrected chi connectivity index (χ4v) is 4.49. The number of piperidine rings is 1. The molecule has 0 aromatic heterocycles. The number of nitrogens with one attached hydrogen (secondary N) is 1. The molecule has 3 nitrogen and oxygen atoms in total. The largest absolute Gasteiger partial charge is 0.311 e. The fourth-order valence-electron chi connectivity index (χ4n) is 4.49. The second kappa shape index (κ2) is 6.76. The molecule has 0 aromatic rings. The minimum Gasteiger partial charge on any atom is -0.311 e. The van der Waals surface area contributed by atoms with E-state index in [0.717, 1.165) is 23.9 Å². The van der Waals surface area contributed by atoms with E-state index in [1.807, 2.05) is 0 Å². The van der Waals surface area contributed by atoms with Gasteiger partial charge in [-0.3, -0.25) is 0 Å². The summed E-state index contributed by atoms with van der Waals surface area (Å²) in [4.78, 5) is 5.35. The van der Waals surface area contributed by atoms with Crippen molar-refractivity contribution in [2.45, 2.75) is 58.0 Å². The first-order valence-electron chi connectivity index (χ1n) is 8.90. The molecule has 3 aliphatic rings.